The number of benzene rings is 1. The van der Waals surface area contributed by atoms with Gasteiger partial charge in [-0.3, -0.25) is 0 Å². The molecule has 0 fully saturated rings. The Balaban J connectivity index is 2.43. The third-order valence-electron chi connectivity index (χ3n) is 2.99. The molecule has 0 heterocycles. The molecule has 17 heavy (non-hydrogen) atoms. The van der Waals surface area contributed by atoms with Gasteiger partial charge in [-0.15, -0.1) is 0 Å². The van der Waals surface area contributed by atoms with E-state index in [0.717, 1.165) is 24.7 Å². The number of rotatable bonds is 7. The fourth-order valence-electron chi connectivity index (χ4n) is 1.72. The van der Waals surface area contributed by atoms with Crippen molar-refractivity contribution in [3.05, 3.63) is 29.8 Å². The lowest BCUT2D eigenvalue weighted by Crippen LogP contribution is -2.12. The molecule has 1 aromatic rings. The summed E-state index contributed by atoms with van der Waals surface area (Å²) in [5.41, 5.74) is 1.27. The smallest absolute Gasteiger partial charge is 0.119 e. The monoisotopic (exact) mass is 235 g/mol. The number of ether oxygens (including phenoxy) is 1. The van der Waals surface area contributed by atoms with E-state index in [1.165, 1.54) is 12.0 Å². The third kappa shape index (κ3) is 5.22. The predicted molar refractivity (Wildman–Crippen MR) is 73.5 cm³/mol. The minimum absolute atomic E-state index is 0.370. The fraction of sp³-hybridized carbons (Fsp3) is 0.600. The van der Waals surface area contributed by atoms with Crippen LogP contribution in [0, 0.1) is 5.92 Å². The molecule has 96 valence electrons. The highest BCUT2D eigenvalue weighted by atomic mass is 16.5. The van der Waals surface area contributed by atoms with Gasteiger partial charge in [-0.2, -0.15) is 0 Å². The molecule has 0 aliphatic rings. The van der Waals surface area contributed by atoms with Gasteiger partial charge in [-0.25, -0.2) is 0 Å². The minimum Gasteiger partial charge on any atom is -0.494 e. The van der Waals surface area contributed by atoms with E-state index >= 15 is 0 Å². The summed E-state index contributed by atoms with van der Waals surface area (Å²) in [7, 11) is 1.97. The van der Waals surface area contributed by atoms with Crippen molar-refractivity contribution in [3.8, 4) is 5.75 Å². The van der Waals surface area contributed by atoms with E-state index in [-0.39, 0.29) is 0 Å². The minimum atomic E-state index is 0.370. The highest BCUT2D eigenvalue weighted by Crippen LogP contribution is 2.19. The lowest BCUT2D eigenvalue weighted by molar-refractivity contribution is 0.297. The Morgan fingerprint density at radius 3 is 2.65 bits per heavy atom. The molecule has 0 aliphatic carbocycles. The van der Waals surface area contributed by atoms with E-state index in [1.807, 2.05) is 13.1 Å². The van der Waals surface area contributed by atoms with Gasteiger partial charge in [0.25, 0.3) is 0 Å². The van der Waals surface area contributed by atoms with Gasteiger partial charge < -0.3 is 10.1 Å². The molecule has 0 radical (unpaired) electrons. The fourth-order valence-corrected chi connectivity index (χ4v) is 1.72. The van der Waals surface area contributed by atoms with Crippen molar-refractivity contribution in [3.63, 3.8) is 0 Å². The van der Waals surface area contributed by atoms with Crippen molar-refractivity contribution < 1.29 is 4.74 Å². The molecule has 0 spiro atoms. The van der Waals surface area contributed by atoms with Gasteiger partial charge >= 0.3 is 0 Å². The SMILES string of the molecule is CNC(C)c1cccc(OCCCC(C)C)c1. The van der Waals surface area contributed by atoms with E-state index in [1.54, 1.807) is 0 Å². The number of hydrogen-bond acceptors (Lipinski definition) is 2. The molecule has 0 amide bonds. The predicted octanol–water partition coefficient (Wildman–Crippen LogP) is 3.78. The van der Waals surface area contributed by atoms with Gasteiger partial charge in [0.05, 0.1) is 6.61 Å². The summed E-state index contributed by atoms with van der Waals surface area (Å²) in [5.74, 6) is 1.74. The molecule has 1 rings (SSSR count). The topological polar surface area (TPSA) is 21.3 Å². The van der Waals surface area contributed by atoms with Crippen LogP contribution in [0.1, 0.15) is 45.2 Å². The Bertz CT molecular complexity index is 322. The second-order valence-electron chi connectivity index (χ2n) is 4.97. The summed E-state index contributed by atoms with van der Waals surface area (Å²) in [6.07, 6.45) is 2.36. The average molecular weight is 235 g/mol. The first-order chi connectivity index (χ1) is 8.13. The van der Waals surface area contributed by atoms with Crippen LogP contribution in [0.2, 0.25) is 0 Å². The standard InChI is InChI=1S/C15H25NO/c1-12(2)7-6-10-17-15-9-5-8-14(11-15)13(3)16-4/h5,8-9,11-13,16H,6-7,10H2,1-4H3. The van der Waals surface area contributed by atoms with Crippen molar-refractivity contribution >= 4 is 0 Å². The quantitative estimate of drug-likeness (QED) is 0.726. The van der Waals surface area contributed by atoms with Crippen LogP contribution in [0.15, 0.2) is 24.3 Å². The first-order valence-corrected chi connectivity index (χ1v) is 6.53. The number of hydrogen-bond donors (Lipinski definition) is 1. The molecule has 0 saturated carbocycles. The third-order valence-corrected chi connectivity index (χ3v) is 2.99. The molecule has 1 aromatic carbocycles. The van der Waals surface area contributed by atoms with Crippen LogP contribution in [0.5, 0.6) is 5.75 Å². The Kier molecular flexibility index (Phi) is 6.06. The highest BCUT2D eigenvalue weighted by molar-refractivity contribution is 5.30. The van der Waals surface area contributed by atoms with Gasteiger partial charge in [0.15, 0.2) is 0 Å². The van der Waals surface area contributed by atoms with Gasteiger partial charge in [0.1, 0.15) is 5.75 Å². The maximum atomic E-state index is 5.76. The first-order valence-electron chi connectivity index (χ1n) is 6.53. The molecular weight excluding hydrogens is 210 g/mol. The van der Waals surface area contributed by atoms with Gasteiger partial charge in [-0.1, -0.05) is 26.0 Å². The molecule has 1 unspecified atom stereocenters. The van der Waals surface area contributed by atoms with Crippen molar-refractivity contribution in [2.24, 2.45) is 5.92 Å². The summed E-state index contributed by atoms with van der Waals surface area (Å²) < 4.78 is 5.76. The molecule has 2 nitrogen and oxygen atoms in total. The highest BCUT2D eigenvalue weighted by Gasteiger charge is 2.03. The Labute approximate surface area is 105 Å². The maximum absolute atomic E-state index is 5.76. The second-order valence-corrected chi connectivity index (χ2v) is 4.97. The van der Waals surface area contributed by atoms with Crippen molar-refractivity contribution in [1.29, 1.82) is 0 Å². The van der Waals surface area contributed by atoms with E-state index in [4.69, 9.17) is 4.74 Å². The van der Waals surface area contributed by atoms with Crippen LogP contribution in [0.3, 0.4) is 0 Å². The van der Waals surface area contributed by atoms with Gasteiger partial charge in [0.2, 0.25) is 0 Å². The molecule has 0 bridgehead atoms. The summed E-state index contributed by atoms with van der Waals surface area (Å²) >= 11 is 0. The molecular formula is C15H25NO. The molecule has 1 N–H and O–H groups in total. The molecule has 0 saturated heterocycles. The Hall–Kier alpha value is -1.02. The Morgan fingerprint density at radius 2 is 2.00 bits per heavy atom. The van der Waals surface area contributed by atoms with Crippen LogP contribution >= 0.6 is 0 Å². The summed E-state index contributed by atoms with van der Waals surface area (Å²) in [6, 6.07) is 8.70. The summed E-state index contributed by atoms with van der Waals surface area (Å²) in [4.78, 5) is 0. The van der Waals surface area contributed by atoms with Crippen LogP contribution in [0.4, 0.5) is 0 Å². The Morgan fingerprint density at radius 1 is 1.24 bits per heavy atom. The lowest BCUT2D eigenvalue weighted by Gasteiger charge is -2.13. The largest absolute Gasteiger partial charge is 0.494 e. The van der Waals surface area contributed by atoms with E-state index in [0.29, 0.717) is 6.04 Å². The first kappa shape index (κ1) is 14.0. The zero-order valence-corrected chi connectivity index (χ0v) is 11.5. The van der Waals surface area contributed by atoms with Crippen LogP contribution in [0.25, 0.3) is 0 Å². The van der Waals surface area contributed by atoms with E-state index in [9.17, 15) is 0 Å². The second kappa shape index (κ2) is 7.33. The van der Waals surface area contributed by atoms with Crippen molar-refractivity contribution in [1.82, 2.24) is 5.32 Å². The molecule has 2 heteroatoms. The van der Waals surface area contributed by atoms with Crippen LogP contribution < -0.4 is 10.1 Å². The van der Waals surface area contributed by atoms with Crippen LogP contribution in [-0.2, 0) is 0 Å². The van der Waals surface area contributed by atoms with Crippen LogP contribution in [-0.4, -0.2) is 13.7 Å². The van der Waals surface area contributed by atoms with Crippen molar-refractivity contribution in [2.45, 2.75) is 39.7 Å². The average Bonchev–Trinajstić information content (AvgIpc) is 2.34. The zero-order valence-electron chi connectivity index (χ0n) is 11.5. The van der Waals surface area contributed by atoms with Crippen molar-refractivity contribution in [2.75, 3.05) is 13.7 Å². The maximum Gasteiger partial charge on any atom is 0.119 e. The van der Waals surface area contributed by atoms with Gasteiger partial charge in [-0.05, 0) is 50.4 Å². The number of nitrogens with one attached hydrogen (secondary N) is 1. The molecule has 1 atom stereocenters. The molecule has 0 aliphatic heterocycles. The summed E-state index contributed by atoms with van der Waals surface area (Å²) in [6.45, 7) is 7.46. The lowest BCUT2D eigenvalue weighted by atomic mass is 10.1. The summed E-state index contributed by atoms with van der Waals surface area (Å²) in [5, 5.41) is 3.24. The molecule has 0 aromatic heterocycles. The zero-order chi connectivity index (χ0) is 12.7. The van der Waals surface area contributed by atoms with E-state index < -0.39 is 0 Å². The van der Waals surface area contributed by atoms with E-state index in [2.05, 4.69) is 44.3 Å². The normalized spacial score (nSPS) is 12.8. The van der Waals surface area contributed by atoms with Gasteiger partial charge in [0, 0.05) is 6.04 Å².